The highest BCUT2D eigenvalue weighted by Crippen LogP contribution is 2.22. The molecule has 1 rings (SSSR count). The summed E-state index contributed by atoms with van der Waals surface area (Å²) >= 11 is 0. The number of rotatable bonds is 9. The zero-order valence-electron chi connectivity index (χ0n) is 13.7. The second kappa shape index (κ2) is 11.5. The molecule has 0 aromatic heterocycles. The van der Waals surface area contributed by atoms with E-state index in [2.05, 4.69) is 17.1 Å². The number of nitrogens with zero attached hydrogens (tertiary/aromatic N) is 1. The molecule has 1 aliphatic carbocycles. The molecule has 1 aliphatic rings. The van der Waals surface area contributed by atoms with E-state index >= 15 is 0 Å². The Kier molecular flexibility index (Phi) is 10.3. The summed E-state index contributed by atoms with van der Waals surface area (Å²) in [5, 5.41) is 3.71. The van der Waals surface area contributed by atoms with Gasteiger partial charge in [-0.3, -0.25) is 4.90 Å². The van der Waals surface area contributed by atoms with Crippen LogP contribution in [0.2, 0.25) is 0 Å². The van der Waals surface area contributed by atoms with Crippen LogP contribution in [0.5, 0.6) is 0 Å². The minimum absolute atomic E-state index is 0.619. The van der Waals surface area contributed by atoms with E-state index in [0.29, 0.717) is 12.1 Å². The number of hydrogen-bond acceptors (Lipinski definition) is 4. The van der Waals surface area contributed by atoms with Gasteiger partial charge < -0.3 is 14.8 Å². The third kappa shape index (κ3) is 6.53. The molecule has 4 heteroatoms. The monoisotopic (exact) mass is 286 g/mol. The van der Waals surface area contributed by atoms with Gasteiger partial charge in [0.1, 0.15) is 0 Å². The first kappa shape index (κ1) is 17.9. The average molecular weight is 286 g/mol. The Morgan fingerprint density at radius 2 is 1.55 bits per heavy atom. The molecule has 0 aliphatic heterocycles. The van der Waals surface area contributed by atoms with E-state index in [1.54, 1.807) is 14.2 Å². The molecule has 2 unspecified atom stereocenters. The second-order valence-electron chi connectivity index (χ2n) is 5.74. The molecular weight excluding hydrogens is 252 g/mol. The van der Waals surface area contributed by atoms with Crippen molar-refractivity contribution in [1.82, 2.24) is 10.2 Å². The van der Waals surface area contributed by atoms with Crippen molar-refractivity contribution in [3.05, 3.63) is 0 Å². The average Bonchev–Trinajstić information content (AvgIpc) is 2.43. The molecule has 0 amide bonds. The summed E-state index contributed by atoms with van der Waals surface area (Å²) in [7, 11) is 3.57. The molecule has 0 aromatic rings. The molecule has 0 bridgehead atoms. The molecule has 0 aromatic carbocycles. The number of methoxy groups -OCH3 is 2. The van der Waals surface area contributed by atoms with Crippen molar-refractivity contribution in [1.29, 1.82) is 0 Å². The van der Waals surface area contributed by atoms with Crippen LogP contribution in [0, 0.1) is 0 Å². The van der Waals surface area contributed by atoms with Crippen molar-refractivity contribution >= 4 is 0 Å². The number of hydrogen-bond donors (Lipinski definition) is 1. The largest absolute Gasteiger partial charge is 0.383 e. The Morgan fingerprint density at radius 1 is 0.950 bits per heavy atom. The smallest absolute Gasteiger partial charge is 0.0589 e. The highest BCUT2D eigenvalue weighted by Gasteiger charge is 2.27. The van der Waals surface area contributed by atoms with Gasteiger partial charge in [0.05, 0.1) is 13.2 Å². The fraction of sp³-hybridized carbons (Fsp3) is 1.00. The van der Waals surface area contributed by atoms with Gasteiger partial charge in [-0.05, 0) is 19.4 Å². The van der Waals surface area contributed by atoms with E-state index in [4.69, 9.17) is 9.47 Å². The van der Waals surface area contributed by atoms with Crippen LogP contribution in [-0.2, 0) is 9.47 Å². The van der Waals surface area contributed by atoms with E-state index in [1.807, 2.05) is 0 Å². The van der Waals surface area contributed by atoms with Gasteiger partial charge in [-0.15, -0.1) is 0 Å². The van der Waals surface area contributed by atoms with E-state index < -0.39 is 0 Å². The van der Waals surface area contributed by atoms with Crippen LogP contribution < -0.4 is 5.32 Å². The van der Waals surface area contributed by atoms with Crippen molar-refractivity contribution < 1.29 is 9.47 Å². The van der Waals surface area contributed by atoms with Crippen molar-refractivity contribution in [2.75, 3.05) is 47.1 Å². The summed E-state index contributed by atoms with van der Waals surface area (Å²) in [5.74, 6) is 0. The maximum atomic E-state index is 5.29. The maximum absolute atomic E-state index is 5.29. The summed E-state index contributed by atoms with van der Waals surface area (Å²) < 4.78 is 10.6. The third-order valence-electron chi connectivity index (χ3n) is 4.33. The lowest BCUT2D eigenvalue weighted by atomic mass is 9.91. The van der Waals surface area contributed by atoms with Gasteiger partial charge in [0.15, 0.2) is 0 Å². The fourth-order valence-corrected chi connectivity index (χ4v) is 3.26. The van der Waals surface area contributed by atoms with Crippen molar-refractivity contribution in [2.45, 2.75) is 57.5 Å². The first-order valence-corrected chi connectivity index (χ1v) is 8.28. The van der Waals surface area contributed by atoms with Gasteiger partial charge in [0, 0.05) is 39.4 Å². The second-order valence-corrected chi connectivity index (χ2v) is 5.74. The van der Waals surface area contributed by atoms with Crippen LogP contribution >= 0.6 is 0 Å². The zero-order valence-corrected chi connectivity index (χ0v) is 13.7. The molecule has 4 nitrogen and oxygen atoms in total. The number of ether oxygens (including phenoxy) is 2. The molecule has 120 valence electrons. The summed E-state index contributed by atoms with van der Waals surface area (Å²) in [4.78, 5) is 2.58. The molecule has 0 heterocycles. The van der Waals surface area contributed by atoms with E-state index in [-0.39, 0.29) is 0 Å². The van der Waals surface area contributed by atoms with Crippen molar-refractivity contribution in [3.63, 3.8) is 0 Å². The Morgan fingerprint density at radius 3 is 2.10 bits per heavy atom. The van der Waals surface area contributed by atoms with Crippen LogP contribution in [0.3, 0.4) is 0 Å². The van der Waals surface area contributed by atoms with Crippen LogP contribution in [0.1, 0.15) is 45.4 Å². The van der Waals surface area contributed by atoms with Crippen molar-refractivity contribution in [3.8, 4) is 0 Å². The Balaban J connectivity index is 2.66. The van der Waals surface area contributed by atoms with Gasteiger partial charge in [-0.25, -0.2) is 0 Å². The number of likely N-dealkylation sites (N-methyl/N-ethyl adjacent to an activating group) is 1. The summed E-state index contributed by atoms with van der Waals surface area (Å²) in [6, 6.07) is 1.24. The number of nitrogens with one attached hydrogen (secondary N) is 1. The molecule has 1 saturated carbocycles. The lowest BCUT2D eigenvalue weighted by molar-refractivity contribution is 0.0649. The summed E-state index contributed by atoms with van der Waals surface area (Å²) in [6.07, 6.45) is 8.09. The van der Waals surface area contributed by atoms with Crippen molar-refractivity contribution in [2.24, 2.45) is 0 Å². The molecule has 0 saturated heterocycles. The predicted molar refractivity (Wildman–Crippen MR) is 84.3 cm³/mol. The Hall–Kier alpha value is -0.160. The molecule has 0 radical (unpaired) electrons. The Bertz CT molecular complexity index is 219. The fourth-order valence-electron chi connectivity index (χ4n) is 3.26. The van der Waals surface area contributed by atoms with E-state index in [1.165, 1.54) is 38.5 Å². The van der Waals surface area contributed by atoms with E-state index in [9.17, 15) is 0 Å². The van der Waals surface area contributed by atoms with Crippen LogP contribution in [-0.4, -0.2) is 64.1 Å². The van der Waals surface area contributed by atoms with Gasteiger partial charge in [0.2, 0.25) is 0 Å². The van der Waals surface area contributed by atoms with Crippen LogP contribution in [0.4, 0.5) is 0 Å². The zero-order chi connectivity index (χ0) is 14.6. The summed E-state index contributed by atoms with van der Waals surface area (Å²) in [5.41, 5.74) is 0. The van der Waals surface area contributed by atoms with Gasteiger partial charge in [0.25, 0.3) is 0 Å². The molecule has 0 spiro atoms. The Labute approximate surface area is 125 Å². The van der Waals surface area contributed by atoms with Gasteiger partial charge in [-0.2, -0.15) is 0 Å². The molecular formula is C16H34N2O2. The van der Waals surface area contributed by atoms with Crippen LogP contribution in [0.15, 0.2) is 0 Å². The van der Waals surface area contributed by atoms with E-state index in [0.717, 1.165) is 32.8 Å². The first-order chi connectivity index (χ1) is 9.83. The van der Waals surface area contributed by atoms with Crippen LogP contribution in [0.25, 0.3) is 0 Å². The van der Waals surface area contributed by atoms with Gasteiger partial charge in [-0.1, -0.05) is 32.6 Å². The highest BCUT2D eigenvalue weighted by molar-refractivity contribution is 4.86. The minimum atomic E-state index is 0.619. The maximum Gasteiger partial charge on any atom is 0.0589 e. The first-order valence-electron chi connectivity index (χ1n) is 8.28. The standard InChI is InChI=1S/C16H34N2O2/c1-4-17-15-9-7-5-6-8-10-16(15)18(11-13-19-2)12-14-20-3/h15-17H,4-14H2,1-3H3. The SMILES string of the molecule is CCNC1CCCCCCC1N(CCOC)CCOC. The predicted octanol–water partition coefficient (Wildman–Crippen LogP) is 2.28. The molecule has 20 heavy (non-hydrogen) atoms. The molecule has 1 fully saturated rings. The summed E-state index contributed by atoms with van der Waals surface area (Å²) in [6.45, 7) is 6.89. The molecule has 2 atom stereocenters. The molecule has 1 N–H and O–H groups in total. The lowest BCUT2D eigenvalue weighted by Gasteiger charge is -2.38. The highest BCUT2D eigenvalue weighted by atomic mass is 16.5. The van der Waals surface area contributed by atoms with Gasteiger partial charge >= 0.3 is 0 Å². The third-order valence-corrected chi connectivity index (χ3v) is 4.33. The minimum Gasteiger partial charge on any atom is -0.383 e. The quantitative estimate of drug-likeness (QED) is 0.705. The normalized spacial score (nSPS) is 24.6. The lowest BCUT2D eigenvalue weighted by Crippen LogP contribution is -2.52. The topological polar surface area (TPSA) is 33.7 Å².